The molecule has 0 unspecified atom stereocenters. The summed E-state index contributed by atoms with van der Waals surface area (Å²) in [5.74, 6) is -1.71. The molecule has 0 aliphatic carbocycles. The number of amides is 6. The first kappa shape index (κ1) is 37.5. The summed E-state index contributed by atoms with van der Waals surface area (Å²) in [5, 5.41) is 17.5. The van der Waals surface area contributed by atoms with Crippen LogP contribution in [-0.4, -0.2) is 102 Å². The van der Waals surface area contributed by atoms with Gasteiger partial charge >= 0.3 is 18.0 Å². The van der Waals surface area contributed by atoms with Crippen molar-refractivity contribution in [3.8, 4) is 0 Å². The van der Waals surface area contributed by atoms with Gasteiger partial charge in [-0.15, -0.1) is 0 Å². The lowest BCUT2D eigenvalue weighted by atomic mass is 10.1. The van der Waals surface area contributed by atoms with Crippen molar-refractivity contribution in [1.29, 1.82) is 0 Å². The Morgan fingerprint density at radius 1 is 0.848 bits per heavy atom. The molecule has 2 aromatic carbocycles. The molecule has 6 amide bonds. The van der Waals surface area contributed by atoms with E-state index in [2.05, 4.69) is 16.0 Å². The van der Waals surface area contributed by atoms with E-state index in [0.29, 0.717) is 56.3 Å². The van der Waals surface area contributed by atoms with Crippen molar-refractivity contribution in [2.75, 3.05) is 68.4 Å². The maximum absolute atomic E-state index is 13.4. The van der Waals surface area contributed by atoms with Gasteiger partial charge in [0.15, 0.2) is 0 Å². The third-order valence-corrected chi connectivity index (χ3v) is 6.96. The number of carboxylic acid groups (broad SMARTS) is 1. The van der Waals surface area contributed by atoms with Crippen molar-refractivity contribution in [3.63, 3.8) is 0 Å². The van der Waals surface area contributed by atoms with Crippen molar-refractivity contribution in [2.45, 2.75) is 47.5 Å². The Labute approximate surface area is 271 Å². The second kappa shape index (κ2) is 19.7. The molecule has 0 atom stereocenters. The standard InChI is InChI=1S/C31H42N6O7.C2H6/c1-22(2)12-14-36(28(39)21-37(15-13-29(40)41)31(43)35-16-18-44-19-17-35)20-27(38)32-24-8-10-25(11-9-24)33-30(42)34-26-7-5-4-6-23(26)3;1-2/h4-11,22H,12-21H2,1-3H3,(H,32,38)(H,40,41)(H2,33,34,42);1-2H3. The number of ether oxygens (including phenoxy) is 1. The fourth-order valence-corrected chi connectivity index (χ4v) is 4.41. The van der Waals surface area contributed by atoms with E-state index >= 15 is 0 Å². The highest BCUT2D eigenvalue weighted by atomic mass is 16.5. The summed E-state index contributed by atoms with van der Waals surface area (Å²) < 4.78 is 5.30. The number of hydrogen-bond acceptors (Lipinski definition) is 6. The van der Waals surface area contributed by atoms with Crippen molar-refractivity contribution in [1.82, 2.24) is 14.7 Å². The smallest absolute Gasteiger partial charge is 0.323 e. The monoisotopic (exact) mass is 640 g/mol. The van der Waals surface area contributed by atoms with Crippen molar-refractivity contribution in [2.24, 2.45) is 5.92 Å². The van der Waals surface area contributed by atoms with Gasteiger partial charge in [-0.05, 0) is 55.2 Å². The highest BCUT2D eigenvalue weighted by Crippen LogP contribution is 2.17. The van der Waals surface area contributed by atoms with Crippen LogP contribution in [0.5, 0.6) is 0 Å². The van der Waals surface area contributed by atoms with Crippen LogP contribution in [0.1, 0.15) is 46.1 Å². The van der Waals surface area contributed by atoms with E-state index < -0.39 is 29.8 Å². The van der Waals surface area contributed by atoms with Gasteiger partial charge in [-0.3, -0.25) is 14.4 Å². The lowest BCUT2D eigenvalue weighted by Gasteiger charge is -2.33. The maximum atomic E-state index is 13.4. The molecule has 4 N–H and O–H groups in total. The van der Waals surface area contributed by atoms with Gasteiger partial charge in [-0.2, -0.15) is 0 Å². The number of aryl methyl sites for hydroxylation is 1. The van der Waals surface area contributed by atoms with Gasteiger partial charge in [0.25, 0.3) is 0 Å². The first-order chi connectivity index (χ1) is 22.0. The van der Waals surface area contributed by atoms with Crippen LogP contribution in [0.15, 0.2) is 48.5 Å². The molecule has 2 aromatic rings. The maximum Gasteiger partial charge on any atom is 0.323 e. The lowest BCUT2D eigenvalue weighted by molar-refractivity contribution is -0.138. The normalized spacial score (nSPS) is 12.3. The number of nitrogens with one attached hydrogen (secondary N) is 3. The molecule has 0 saturated carbocycles. The Morgan fingerprint density at radius 2 is 1.46 bits per heavy atom. The van der Waals surface area contributed by atoms with Crippen molar-refractivity contribution >= 4 is 46.9 Å². The number of morpholine rings is 1. The summed E-state index contributed by atoms with van der Waals surface area (Å²) in [5.41, 5.74) is 2.62. The molecule has 0 bridgehead atoms. The number of urea groups is 2. The molecule has 1 aliphatic rings. The van der Waals surface area contributed by atoms with E-state index in [1.165, 1.54) is 14.7 Å². The van der Waals surface area contributed by atoms with Crippen LogP contribution >= 0.6 is 0 Å². The molecular weight excluding hydrogens is 592 g/mol. The SMILES string of the molecule is CC.Cc1ccccc1NC(=O)Nc1ccc(NC(=O)CN(CCC(C)C)C(=O)CN(CCC(=O)O)C(=O)N2CCOCC2)cc1. The average Bonchev–Trinajstić information content (AvgIpc) is 3.04. The zero-order valence-electron chi connectivity index (χ0n) is 27.5. The number of rotatable bonds is 13. The zero-order valence-corrected chi connectivity index (χ0v) is 27.5. The Hall–Kier alpha value is -4.65. The molecule has 252 valence electrons. The van der Waals surface area contributed by atoms with Crippen LogP contribution in [-0.2, 0) is 19.1 Å². The summed E-state index contributed by atoms with van der Waals surface area (Å²) >= 11 is 0. The quantitative estimate of drug-likeness (QED) is 0.247. The second-order valence-corrected chi connectivity index (χ2v) is 11.0. The lowest BCUT2D eigenvalue weighted by Crippen LogP contribution is -2.52. The second-order valence-electron chi connectivity index (χ2n) is 11.0. The number of carbonyl (C=O) groups excluding carboxylic acids is 4. The molecular formula is C33H48N6O7. The molecule has 0 aromatic heterocycles. The summed E-state index contributed by atoms with van der Waals surface area (Å²) in [6.07, 6.45) is 0.324. The molecule has 13 nitrogen and oxygen atoms in total. The van der Waals surface area contributed by atoms with Crippen molar-refractivity contribution < 1.29 is 33.8 Å². The number of carboxylic acids is 1. The highest BCUT2D eigenvalue weighted by molar-refractivity contribution is 6.00. The largest absolute Gasteiger partial charge is 0.481 e. The fourth-order valence-electron chi connectivity index (χ4n) is 4.41. The third kappa shape index (κ3) is 13.1. The number of hydrogen-bond donors (Lipinski definition) is 4. The van der Waals surface area contributed by atoms with Gasteiger partial charge < -0.3 is 40.5 Å². The van der Waals surface area contributed by atoms with Gasteiger partial charge in [0.2, 0.25) is 11.8 Å². The number of carbonyl (C=O) groups is 5. The number of anilines is 3. The molecule has 1 heterocycles. The Kier molecular flexibility index (Phi) is 16.1. The Morgan fingerprint density at radius 3 is 2.04 bits per heavy atom. The summed E-state index contributed by atoms with van der Waals surface area (Å²) in [7, 11) is 0. The van der Waals surface area contributed by atoms with Gasteiger partial charge in [-0.1, -0.05) is 45.9 Å². The number of nitrogens with zero attached hydrogens (tertiary/aromatic N) is 3. The molecule has 0 radical (unpaired) electrons. The summed E-state index contributed by atoms with van der Waals surface area (Å²) in [6.45, 7) is 10.9. The highest BCUT2D eigenvalue weighted by Gasteiger charge is 2.27. The van der Waals surface area contributed by atoms with Gasteiger partial charge in [-0.25, -0.2) is 9.59 Å². The molecule has 0 spiro atoms. The van der Waals surface area contributed by atoms with Gasteiger partial charge in [0.05, 0.1) is 26.2 Å². The third-order valence-electron chi connectivity index (χ3n) is 6.96. The number of aliphatic carboxylic acids is 1. The van der Waals surface area contributed by atoms with E-state index in [0.717, 1.165) is 5.56 Å². The van der Waals surface area contributed by atoms with Crippen LogP contribution in [0.25, 0.3) is 0 Å². The first-order valence-electron chi connectivity index (χ1n) is 15.7. The molecule has 1 fully saturated rings. The minimum absolute atomic E-state index is 0.134. The molecule has 13 heteroatoms. The zero-order chi connectivity index (χ0) is 34.1. The predicted octanol–water partition coefficient (Wildman–Crippen LogP) is 4.71. The fraction of sp³-hybridized carbons (Fsp3) is 0.485. The summed E-state index contributed by atoms with van der Waals surface area (Å²) in [4.78, 5) is 67.3. The van der Waals surface area contributed by atoms with Crippen LogP contribution in [0.3, 0.4) is 0 Å². The molecule has 3 rings (SSSR count). The van der Waals surface area contributed by atoms with Gasteiger partial charge in [0.1, 0.15) is 6.54 Å². The topological polar surface area (TPSA) is 161 Å². The van der Waals surface area contributed by atoms with Gasteiger partial charge in [0, 0.05) is 43.2 Å². The van der Waals surface area contributed by atoms with E-state index in [1.807, 2.05) is 52.8 Å². The molecule has 1 saturated heterocycles. The van der Waals surface area contributed by atoms with E-state index in [1.54, 1.807) is 30.3 Å². The molecule has 1 aliphatic heterocycles. The van der Waals surface area contributed by atoms with E-state index in [9.17, 15) is 29.1 Å². The average molecular weight is 641 g/mol. The predicted molar refractivity (Wildman–Crippen MR) is 178 cm³/mol. The van der Waals surface area contributed by atoms with E-state index in [-0.39, 0.29) is 32.0 Å². The number of para-hydroxylation sites is 1. The minimum Gasteiger partial charge on any atom is -0.481 e. The Balaban J connectivity index is 0.00000361. The Bertz CT molecular complexity index is 1300. The van der Waals surface area contributed by atoms with Crippen LogP contribution in [0, 0.1) is 12.8 Å². The van der Waals surface area contributed by atoms with Crippen molar-refractivity contribution in [3.05, 3.63) is 54.1 Å². The molecule has 46 heavy (non-hydrogen) atoms. The minimum atomic E-state index is -1.08. The first-order valence-corrected chi connectivity index (χ1v) is 15.7. The van der Waals surface area contributed by atoms with E-state index in [4.69, 9.17) is 4.74 Å². The summed E-state index contributed by atoms with van der Waals surface area (Å²) in [6, 6.07) is 13.1. The van der Waals surface area contributed by atoms with Crippen LogP contribution < -0.4 is 16.0 Å². The number of benzene rings is 2. The van der Waals surface area contributed by atoms with Crippen LogP contribution in [0.4, 0.5) is 26.7 Å². The van der Waals surface area contributed by atoms with Crippen LogP contribution in [0.2, 0.25) is 0 Å².